The minimum absolute atomic E-state index is 0.330. The predicted octanol–water partition coefficient (Wildman–Crippen LogP) is 1.33. The molecule has 3 N–H and O–H groups in total. The number of urea groups is 1. The van der Waals surface area contributed by atoms with Crippen molar-refractivity contribution in [3.8, 4) is 0 Å². The van der Waals surface area contributed by atoms with Crippen LogP contribution in [0.15, 0.2) is 42.5 Å². The zero-order valence-corrected chi connectivity index (χ0v) is 9.93. The van der Waals surface area contributed by atoms with Crippen molar-refractivity contribution in [2.24, 2.45) is 5.73 Å². The number of anilines is 1. The number of benzene rings is 1. The fraction of sp³-hybridized carbons (Fsp3) is 0.231. The van der Waals surface area contributed by atoms with E-state index >= 15 is 0 Å². The molecule has 0 radical (unpaired) electrons. The number of hydrogen-bond donors (Lipinski definition) is 2. The van der Waals surface area contributed by atoms with E-state index in [-0.39, 0.29) is 6.03 Å². The fourth-order valence-corrected chi connectivity index (χ4v) is 1.98. The molecule has 0 spiro atoms. The molecule has 1 aliphatic rings. The molecular weight excluding hydrogens is 230 g/mol. The van der Waals surface area contributed by atoms with Gasteiger partial charge < -0.3 is 16.0 Å². The molecule has 1 aromatic rings. The zero-order valence-electron chi connectivity index (χ0n) is 9.93. The normalized spacial score (nSPS) is 18.8. The maximum Gasteiger partial charge on any atom is 0.322 e. The summed E-state index contributed by atoms with van der Waals surface area (Å²) >= 11 is 0. The van der Waals surface area contributed by atoms with Crippen molar-refractivity contribution < 1.29 is 9.59 Å². The molecular formula is C13H15N3O2. The lowest BCUT2D eigenvalue weighted by atomic mass is 10.2. The quantitative estimate of drug-likeness (QED) is 0.771. The average molecular weight is 245 g/mol. The minimum atomic E-state index is -0.596. The minimum Gasteiger partial charge on any atom is -0.368 e. The van der Waals surface area contributed by atoms with Crippen LogP contribution in [0.1, 0.15) is 6.42 Å². The van der Waals surface area contributed by atoms with Crippen molar-refractivity contribution in [1.82, 2.24) is 4.90 Å². The van der Waals surface area contributed by atoms with Crippen LogP contribution in [0.25, 0.3) is 0 Å². The molecule has 1 atom stereocenters. The molecule has 0 aliphatic carbocycles. The van der Waals surface area contributed by atoms with Crippen LogP contribution in [-0.2, 0) is 4.79 Å². The third-order valence-corrected chi connectivity index (χ3v) is 2.87. The molecule has 1 aromatic carbocycles. The summed E-state index contributed by atoms with van der Waals surface area (Å²) in [5.41, 5.74) is 6.80. The summed E-state index contributed by atoms with van der Waals surface area (Å²) in [5.74, 6) is -0.503. The van der Waals surface area contributed by atoms with Gasteiger partial charge in [0, 0.05) is 12.2 Å². The van der Waals surface area contributed by atoms with Gasteiger partial charge in [0.1, 0.15) is 6.04 Å². The number of rotatable bonds is 2. The number of primary amides is 1. The van der Waals surface area contributed by atoms with Gasteiger partial charge in [0.05, 0.1) is 0 Å². The Bertz CT molecular complexity index is 484. The maximum atomic E-state index is 12.0. The Morgan fingerprint density at radius 1 is 1.33 bits per heavy atom. The summed E-state index contributed by atoms with van der Waals surface area (Å²) in [6.45, 7) is 4.16. The van der Waals surface area contributed by atoms with E-state index in [1.165, 1.54) is 4.90 Å². The van der Waals surface area contributed by atoms with E-state index in [4.69, 9.17) is 5.73 Å². The van der Waals surface area contributed by atoms with Crippen molar-refractivity contribution in [1.29, 1.82) is 0 Å². The van der Waals surface area contributed by atoms with Gasteiger partial charge in [-0.25, -0.2) is 4.79 Å². The molecule has 5 nitrogen and oxygen atoms in total. The molecule has 0 bridgehead atoms. The lowest BCUT2D eigenvalue weighted by Gasteiger charge is -2.22. The van der Waals surface area contributed by atoms with E-state index < -0.39 is 11.9 Å². The summed E-state index contributed by atoms with van der Waals surface area (Å²) in [6, 6.07) is 8.14. The van der Waals surface area contributed by atoms with Crippen LogP contribution in [0, 0.1) is 0 Å². The number of para-hydroxylation sites is 1. The molecule has 0 aromatic heterocycles. The molecule has 1 unspecified atom stereocenters. The Kier molecular flexibility index (Phi) is 3.32. The van der Waals surface area contributed by atoms with Crippen LogP contribution in [0.5, 0.6) is 0 Å². The van der Waals surface area contributed by atoms with Gasteiger partial charge in [0.2, 0.25) is 5.91 Å². The van der Waals surface area contributed by atoms with Crippen LogP contribution in [0.2, 0.25) is 0 Å². The highest BCUT2D eigenvalue weighted by Crippen LogP contribution is 2.22. The summed E-state index contributed by atoms with van der Waals surface area (Å²) in [4.78, 5) is 24.7. The second-order valence-electron chi connectivity index (χ2n) is 4.30. The number of carbonyl (C=O) groups is 2. The molecule has 1 fully saturated rings. The van der Waals surface area contributed by atoms with Crippen LogP contribution in [0.4, 0.5) is 10.5 Å². The lowest BCUT2D eigenvalue weighted by Crippen LogP contribution is -2.45. The number of nitrogens with one attached hydrogen (secondary N) is 1. The topological polar surface area (TPSA) is 75.4 Å². The average Bonchev–Trinajstić information content (AvgIpc) is 2.73. The highest BCUT2D eigenvalue weighted by Gasteiger charge is 2.34. The molecule has 1 saturated heterocycles. The van der Waals surface area contributed by atoms with Crippen molar-refractivity contribution >= 4 is 17.6 Å². The summed E-state index contributed by atoms with van der Waals surface area (Å²) in [7, 11) is 0. The SMILES string of the molecule is C=C1CC(C(N)=O)N(C(=O)Nc2ccccc2)C1. The number of hydrogen-bond acceptors (Lipinski definition) is 2. The van der Waals surface area contributed by atoms with Gasteiger partial charge in [-0.15, -0.1) is 0 Å². The number of nitrogens with two attached hydrogens (primary N) is 1. The van der Waals surface area contributed by atoms with Crippen LogP contribution in [-0.4, -0.2) is 29.4 Å². The van der Waals surface area contributed by atoms with E-state index in [1.54, 1.807) is 12.1 Å². The smallest absolute Gasteiger partial charge is 0.322 e. The second-order valence-corrected chi connectivity index (χ2v) is 4.30. The zero-order chi connectivity index (χ0) is 13.1. The number of nitrogens with zero attached hydrogens (tertiary/aromatic N) is 1. The highest BCUT2D eigenvalue weighted by atomic mass is 16.2. The first-order valence-electron chi connectivity index (χ1n) is 5.66. The number of amides is 3. The lowest BCUT2D eigenvalue weighted by molar-refractivity contribution is -0.121. The first-order valence-corrected chi connectivity index (χ1v) is 5.66. The van der Waals surface area contributed by atoms with E-state index in [0.29, 0.717) is 18.7 Å². The van der Waals surface area contributed by atoms with E-state index in [0.717, 1.165) is 5.57 Å². The molecule has 94 valence electrons. The van der Waals surface area contributed by atoms with Crippen molar-refractivity contribution in [3.05, 3.63) is 42.5 Å². The second kappa shape index (κ2) is 4.91. The van der Waals surface area contributed by atoms with Crippen molar-refractivity contribution in [3.63, 3.8) is 0 Å². The van der Waals surface area contributed by atoms with Gasteiger partial charge in [0.15, 0.2) is 0 Å². The Balaban J connectivity index is 2.09. The molecule has 5 heteroatoms. The van der Waals surface area contributed by atoms with Crippen LogP contribution >= 0.6 is 0 Å². The highest BCUT2D eigenvalue weighted by molar-refractivity contribution is 5.94. The van der Waals surface area contributed by atoms with E-state index in [1.807, 2.05) is 18.2 Å². The monoisotopic (exact) mass is 245 g/mol. The third-order valence-electron chi connectivity index (χ3n) is 2.87. The van der Waals surface area contributed by atoms with Gasteiger partial charge in [-0.05, 0) is 18.6 Å². The van der Waals surface area contributed by atoms with Gasteiger partial charge >= 0.3 is 6.03 Å². The van der Waals surface area contributed by atoms with Crippen LogP contribution in [0.3, 0.4) is 0 Å². The molecule has 1 heterocycles. The van der Waals surface area contributed by atoms with E-state index in [9.17, 15) is 9.59 Å². The number of likely N-dealkylation sites (tertiary alicyclic amines) is 1. The standard InChI is InChI=1S/C13H15N3O2/c1-9-7-11(12(14)17)16(8-9)13(18)15-10-5-3-2-4-6-10/h2-6,11H,1,7-8H2,(H2,14,17)(H,15,18). The van der Waals surface area contributed by atoms with Gasteiger partial charge in [-0.2, -0.15) is 0 Å². The summed E-state index contributed by atoms with van der Waals surface area (Å²) in [6.07, 6.45) is 0.442. The largest absolute Gasteiger partial charge is 0.368 e. The Labute approximate surface area is 105 Å². The Hall–Kier alpha value is -2.30. The predicted molar refractivity (Wildman–Crippen MR) is 68.9 cm³/mol. The fourth-order valence-electron chi connectivity index (χ4n) is 1.98. The van der Waals surface area contributed by atoms with Gasteiger partial charge in [-0.1, -0.05) is 30.4 Å². The molecule has 1 aliphatic heterocycles. The number of carbonyl (C=O) groups excluding carboxylic acids is 2. The van der Waals surface area contributed by atoms with Crippen LogP contribution < -0.4 is 11.1 Å². The summed E-state index contributed by atoms with van der Waals surface area (Å²) < 4.78 is 0. The summed E-state index contributed by atoms with van der Waals surface area (Å²) in [5, 5.41) is 2.73. The molecule has 18 heavy (non-hydrogen) atoms. The maximum absolute atomic E-state index is 12.0. The molecule has 0 saturated carbocycles. The van der Waals surface area contributed by atoms with Crippen molar-refractivity contribution in [2.45, 2.75) is 12.5 Å². The van der Waals surface area contributed by atoms with E-state index in [2.05, 4.69) is 11.9 Å². The first-order chi connectivity index (χ1) is 8.58. The molecule has 2 rings (SSSR count). The molecule has 3 amide bonds. The first kappa shape index (κ1) is 12.2. The Morgan fingerprint density at radius 2 is 2.00 bits per heavy atom. The third kappa shape index (κ3) is 2.51. The Morgan fingerprint density at radius 3 is 2.61 bits per heavy atom. The van der Waals surface area contributed by atoms with Gasteiger partial charge in [0.25, 0.3) is 0 Å². The van der Waals surface area contributed by atoms with Crippen molar-refractivity contribution in [2.75, 3.05) is 11.9 Å². The van der Waals surface area contributed by atoms with Gasteiger partial charge in [-0.3, -0.25) is 4.79 Å².